The van der Waals surface area contributed by atoms with Crippen molar-refractivity contribution < 1.29 is 0 Å². The highest BCUT2D eigenvalue weighted by molar-refractivity contribution is 7.16. The molecule has 0 nitrogen and oxygen atoms in total. The van der Waals surface area contributed by atoms with Crippen LogP contribution in [0.5, 0.6) is 0 Å². The van der Waals surface area contributed by atoms with Crippen molar-refractivity contribution in [3.8, 4) is 0 Å². The van der Waals surface area contributed by atoms with E-state index in [1.54, 1.807) is 11.3 Å². The van der Waals surface area contributed by atoms with Gasteiger partial charge in [-0.25, -0.2) is 0 Å². The summed E-state index contributed by atoms with van der Waals surface area (Å²) < 4.78 is 0.842. The number of alkyl halides is 1. The molecule has 1 unspecified atom stereocenters. The number of thiophene rings is 1. The molecule has 2 aromatic rings. The summed E-state index contributed by atoms with van der Waals surface area (Å²) in [5.41, 5.74) is 3.65. The number of aryl methyl sites for hydroxylation is 2. The second-order valence-corrected chi connectivity index (χ2v) is 6.48. The molecule has 1 atom stereocenters. The zero-order valence-electron chi connectivity index (χ0n) is 9.84. The molecule has 0 saturated heterocycles. The quantitative estimate of drug-likeness (QED) is 0.649. The Bertz CT molecular complexity index is 497. The zero-order valence-corrected chi connectivity index (χ0v) is 12.2. The molecule has 1 heterocycles. The Morgan fingerprint density at radius 3 is 2.59 bits per heavy atom. The van der Waals surface area contributed by atoms with Gasteiger partial charge in [-0.3, -0.25) is 0 Å². The van der Waals surface area contributed by atoms with Crippen molar-refractivity contribution in [2.45, 2.75) is 25.6 Å². The Labute approximate surface area is 116 Å². The molecule has 3 heteroatoms. The largest absolute Gasteiger partial charge is 0.127 e. The van der Waals surface area contributed by atoms with Crippen molar-refractivity contribution in [1.82, 2.24) is 0 Å². The Hall–Kier alpha value is -0.500. The molecule has 0 N–H and O–H groups in total. The van der Waals surface area contributed by atoms with E-state index in [4.69, 9.17) is 23.2 Å². The lowest BCUT2D eigenvalue weighted by atomic mass is 10.1. The highest BCUT2D eigenvalue weighted by Gasteiger charge is 2.13. The number of benzene rings is 1. The molecule has 0 aliphatic rings. The van der Waals surface area contributed by atoms with E-state index >= 15 is 0 Å². The van der Waals surface area contributed by atoms with Crippen molar-refractivity contribution in [1.29, 1.82) is 0 Å². The first-order valence-corrected chi connectivity index (χ1v) is 7.15. The van der Waals surface area contributed by atoms with E-state index in [0.717, 1.165) is 21.2 Å². The summed E-state index contributed by atoms with van der Waals surface area (Å²) in [7, 11) is 0. The maximum Gasteiger partial charge on any atom is 0.0960 e. The van der Waals surface area contributed by atoms with E-state index in [-0.39, 0.29) is 5.38 Å². The molecule has 0 amide bonds. The molecule has 0 aliphatic heterocycles. The smallest absolute Gasteiger partial charge is 0.0960 e. The van der Waals surface area contributed by atoms with Gasteiger partial charge >= 0.3 is 0 Å². The van der Waals surface area contributed by atoms with E-state index in [1.165, 1.54) is 11.1 Å². The van der Waals surface area contributed by atoms with Crippen LogP contribution < -0.4 is 0 Å². The summed E-state index contributed by atoms with van der Waals surface area (Å²) in [6.07, 6.45) is 0.847. The lowest BCUT2D eigenvalue weighted by Gasteiger charge is -2.07. The van der Waals surface area contributed by atoms with Gasteiger partial charge in [-0.2, -0.15) is 0 Å². The molecule has 17 heavy (non-hydrogen) atoms. The lowest BCUT2D eigenvalue weighted by Crippen LogP contribution is -1.93. The second-order valence-electron chi connectivity index (χ2n) is 4.27. The summed E-state index contributed by atoms with van der Waals surface area (Å²) in [6.45, 7) is 4.11. The second kappa shape index (κ2) is 5.43. The van der Waals surface area contributed by atoms with E-state index in [2.05, 4.69) is 37.3 Å². The van der Waals surface area contributed by atoms with Crippen LogP contribution in [0.2, 0.25) is 4.34 Å². The standard InChI is InChI=1S/C14H14Cl2S/c1-9-4-3-5-11(6-9)8-12(15)13-7-10(2)14(16)17-13/h3-7,12H,8H2,1-2H3. The maximum absolute atomic E-state index is 6.43. The van der Waals surface area contributed by atoms with Crippen LogP contribution in [0.15, 0.2) is 30.3 Å². The molecule has 0 fully saturated rings. The van der Waals surface area contributed by atoms with Crippen molar-refractivity contribution in [3.05, 3.63) is 56.2 Å². The molecule has 2 rings (SSSR count). The predicted octanol–water partition coefficient (Wildman–Crippen LogP) is 5.54. The van der Waals surface area contributed by atoms with Gasteiger partial charge in [-0.1, -0.05) is 41.4 Å². The summed E-state index contributed by atoms with van der Waals surface area (Å²) >= 11 is 14.1. The van der Waals surface area contributed by atoms with Gasteiger partial charge in [0.2, 0.25) is 0 Å². The van der Waals surface area contributed by atoms with E-state index < -0.39 is 0 Å². The molecular weight excluding hydrogens is 271 g/mol. The number of halogens is 2. The maximum atomic E-state index is 6.43. The summed E-state index contributed by atoms with van der Waals surface area (Å²) in [4.78, 5) is 1.15. The van der Waals surface area contributed by atoms with Crippen molar-refractivity contribution >= 4 is 34.5 Å². The van der Waals surface area contributed by atoms with Crippen LogP contribution in [0.4, 0.5) is 0 Å². The van der Waals surface area contributed by atoms with Gasteiger partial charge in [0.25, 0.3) is 0 Å². The first kappa shape index (κ1) is 12.9. The van der Waals surface area contributed by atoms with Gasteiger partial charge < -0.3 is 0 Å². The van der Waals surface area contributed by atoms with E-state index in [0.29, 0.717) is 0 Å². The molecule has 0 radical (unpaired) electrons. The Morgan fingerprint density at radius 1 is 1.24 bits per heavy atom. The first-order chi connectivity index (χ1) is 8.06. The third kappa shape index (κ3) is 3.25. The molecule has 1 aromatic carbocycles. The molecule has 0 bridgehead atoms. The molecule has 0 spiro atoms. The van der Waals surface area contributed by atoms with Crippen LogP contribution in [-0.4, -0.2) is 0 Å². The summed E-state index contributed by atoms with van der Waals surface area (Å²) in [6, 6.07) is 10.5. The monoisotopic (exact) mass is 284 g/mol. The normalized spacial score (nSPS) is 12.7. The van der Waals surface area contributed by atoms with Gasteiger partial charge in [0.15, 0.2) is 0 Å². The number of rotatable bonds is 3. The first-order valence-electron chi connectivity index (χ1n) is 5.51. The number of hydrogen-bond acceptors (Lipinski definition) is 1. The minimum absolute atomic E-state index is 0.00741. The fourth-order valence-electron chi connectivity index (χ4n) is 1.78. The average molecular weight is 285 g/mol. The van der Waals surface area contributed by atoms with Crippen molar-refractivity contribution in [2.75, 3.05) is 0 Å². The van der Waals surface area contributed by atoms with Crippen LogP contribution >= 0.6 is 34.5 Å². The Kier molecular flexibility index (Phi) is 4.13. The molecule has 90 valence electrons. The third-order valence-corrected chi connectivity index (χ3v) is 4.87. The van der Waals surface area contributed by atoms with E-state index in [9.17, 15) is 0 Å². The van der Waals surface area contributed by atoms with Gasteiger partial charge in [0, 0.05) is 4.88 Å². The average Bonchev–Trinajstić information content (AvgIpc) is 2.59. The van der Waals surface area contributed by atoms with Gasteiger partial charge in [0.1, 0.15) is 0 Å². The third-order valence-electron chi connectivity index (χ3n) is 2.68. The van der Waals surface area contributed by atoms with Crippen LogP contribution in [0.1, 0.15) is 26.9 Å². The van der Waals surface area contributed by atoms with Crippen LogP contribution in [0.3, 0.4) is 0 Å². The van der Waals surface area contributed by atoms with Crippen molar-refractivity contribution in [2.24, 2.45) is 0 Å². The fourth-order valence-corrected chi connectivity index (χ4v) is 3.35. The summed E-state index contributed by atoms with van der Waals surface area (Å²) in [5, 5.41) is 0.00741. The summed E-state index contributed by atoms with van der Waals surface area (Å²) in [5.74, 6) is 0. The molecule has 1 aromatic heterocycles. The molecular formula is C14H14Cl2S. The topological polar surface area (TPSA) is 0 Å². The van der Waals surface area contributed by atoms with Gasteiger partial charge in [-0.05, 0) is 37.5 Å². The van der Waals surface area contributed by atoms with Crippen LogP contribution in [-0.2, 0) is 6.42 Å². The number of hydrogen-bond donors (Lipinski definition) is 0. The minimum atomic E-state index is 0.00741. The zero-order chi connectivity index (χ0) is 12.4. The Morgan fingerprint density at radius 2 is 2.00 bits per heavy atom. The van der Waals surface area contributed by atoms with Crippen LogP contribution in [0, 0.1) is 13.8 Å². The molecule has 0 aliphatic carbocycles. The van der Waals surface area contributed by atoms with Gasteiger partial charge in [0.05, 0.1) is 9.71 Å². The van der Waals surface area contributed by atoms with Crippen LogP contribution in [0.25, 0.3) is 0 Å². The lowest BCUT2D eigenvalue weighted by molar-refractivity contribution is 0.937. The van der Waals surface area contributed by atoms with Gasteiger partial charge in [-0.15, -0.1) is 22.9 Å². The Balaban J connectivity index is 2.14. The fraction of sp³-hybridized carbons (Fsp3) is 0.286. The molecule has 0 saturated carbocycles. The minimum Gasteiger partial charge on any atom is -0.127 e. The highest BCUT2D eigenvalue weighted by atomic mass is 35.5. The highest BCUT2D eigenvalue weighted by Crippen LogP contribution is 2.35. The van der Waals surface area contributed by atoms with Crippen molar-refractivity contribution in [3.63, 3.8) is 0 Å². The SMILES string of the molecule is Cc1cccc(CC(Cl)c2cc(C)c(Cl)s2)c1. The van der Waals surface area contributed by atoms with E-state index in [1.807, 2.05) is 6.92 Å². The predicted molar refractivity (Wildman–Crippen MR) is 77.5 cm³/mol.